The van der Waals surface area contributed by atoms with E-state index in [1.165, 1.54) is 44.5 Å². The summed E-state index contributed by atoms with van der Waals surface area (Å²) in [6.45, 7) is 7.28. The highest BCUT2D eigenvalue weighted by Gasteiger charge is 2.53. The predicted molar refractivity (Wildman–Crippen MR) is 122 cm³/mol. The molecular formula is C27H23Si. The zero-order chi connectivity index (χ0) is 19.0. The molecular weight excluding hydrogens is 352 g/mol. The van der Waals surface area contributed by atoms with E-state index in [4.69, 9.17) is 0 Å². The van der Waals surface area contributed by atoms with Crippen LogP contribution in [0.4, 0.5) is 0 Å². The standard InChI is InChI=1S/C27H23Si/c1-17-15-19-11-7-8-12-21(19)24(17)22-14-13-20-16-23-27(28(23,2)3)26(20)25(22)18-9-5-4-6-10-18/h4-16,24H,1-3H3. The minimum absolute atomic E-state index is 0.352. The van der Waals surface area contributed by atoms with Gasteiger partial charge in [-0.3, -0.25) is 0 Å². The molecule has 135 valence electrons. The number of allylic oxidation sites excluding steroid dienone is 2. The second-order valence-corrected chi connectivity index (χ2v) is 13.2. The first kappa shape index (κ1) is 16.3. The van der Waals surface area contributed by atoms with Crippen molar-refractivity contribution in [3.8, 4) is 11.1 Å². The molecule has 2 aliphatic carbocycles. The van der Waals surface area contributed by atoms with Gasteiger partial charge in [0.1, 0.15) is 8.07 Å². The quantitative estimate of drug-likeness (QED) is 0.422. The van der Waals surface area contributed by atoms with Crippen molar-refractivity contribution in [3.05, 3.63) is 112 Å². The van der Waals surface area contributed by atoms with Gasteiger partial charge in [-0.25, -0.2) is 0 Å². The molecule has 0 nitrogen and oxygen atoms in total. The van der Waals surface area contributed by atoms with Gasteiger partial charge >= 0.3 is 0 Å². The topological polar surface area (TPSA) is 0 Å². The molecule has 0 spiro atoms. The molecule has 6 rings (SSSR count). The Balaban J connectivity index is 1.64. The first-order chi connectivity index (χ1) is 13.6. The third-order valence-electron chi connectivity index (χ3n) is 6.84. The van der Waals surface area contributed by atoms with Gasteiger partial charge in [-0.2, -0.15) is 0 Å². The summed E-state index contributed by atoms with van der Waals surface area (Å²) in [5.41, 5.74) is 11.5. The number of rotatable bonds is 2. The van der Waals surface area contributed by atoms with Crippen molar-refractivity contribution in [3.63, 3.8) is 0 Å². The Morgan fingerprint density at radius 2 is 1.46 bits per heavy atom. The van der Waals surface area contributed by atoms with Crippen molar-refractivity contribution in [1.82, 2.24) is 0 Å². The molecule has 28 heavy (non-hydrogen) atoms. The first-order valence-electron chi connectivity index (χ1n) is 10.2. The third-order valence-corrected chi connectivity index (χ3v) is 10.1. The van der Waals surface area contributed by atoms with Gasteiger partial charge in [0.25, 0.3) is 0 Å². The van der Waals surface area contributed by atoms with Crippen molar-refractivity contribution >= 4 is 19.3 Å². The minimum atomic E-state index is -1.31. The summed E-state index contributed by atoms with van der Waals surface area (Å²) in [6, 6.07) is 24.7. The Morgan fingerprint density at radius 1 is 0.714 bits per heavy atom. The molecule has 1 heteroatoms. The van der Waals surface area contributed by atoms with Crippen LogP contribution in [0, 0.1) is 6.42 Å². The molecule has 1 atom stereocenters. The van der Waals surface area contributed by atoms with E-state index in [1.54, 1.807) is 10.4 Å². The van der Waals surface area contributed by atoms with Crippen LogP contribution in [0.1, 0.15) is 40.7 Å². The molecule has 0 saturated carbocycles. The largest absolute Gasteiger partial charge is 0.108 e. The predicted octanol–water partition coefficient (Wildman–Crippen LogP) is 7.02. The summed E-state index contributed by atoms with van der Waals surface area (Å²) < 4.78 is 0. The van der Waals surface area contributed by atoms with Crippen molar-refractivity contribution in [2.45, 2.75) is 25.9 Å². The molecule has 0 saturated heterocycles. The fourth-order valence-corrected chi connectivity index (χ4v) is 8.78. The molecule has 0 bridgehead atoms. The first-order valence-corrected chi connectivity index (χ1v) is 13.2. The van der Waals surface area contributed by atoms with E-state index < -0.39 is 8.07 Å². The molecule has 3 aromatic carbocycles. The zero-order valence-electron chi connectivity index (χ0n) is 16.6. The Kier molecular flexibility index (Phi) is 3.18. The fourth-order valence-electron chi connectivity index (χ4n) is 5.43. The van der Waals surface area contributed by atoms with Gasteiger partial charge < -0.3 is 0 Å². The molecule has 0 aromatic heterocycles. The third kappa shape index (κ3) is 2.06. The number of fused-ring (bicyclic) bond motifs is 3. The van der Waals surface area contributed by atoms with E-state index in [9.17, 15) is 0 Å². The highest BCUT2D eigenvalue weighted by molar-refractivity contribution is 7.14. The van der Waals surface area contributed by atoms with E-state index in [1.807, 2.05) is 0 Å². The summed E-state index contributed by atoms with van der Waals surface area (Å²) in [5, 5.41) is 3.35. The second kappa shape index (κ2) is 5.45. The average molecular weight is 376 g/mol. The number of benzene rings is 3. The lowest BCUT2D eigenvalue weighted by atomic mass is 9.81. The SMILES string of the molecule is CC1=Cc2ccccc2C1c1ccc2c(c1-c1ccccc1)C1=C([CH]2)[Si]1(C)C. The van der Waals surface area contributed by atoms with E-state index in [0.29, 0.717) is 5.92 Å². The van der Waals surface area contributed by atoms with Crippen LogP contribution in [-0.2, 0) is 0 Å². The van der Waals surface area contributed by atoms with Crippen LogP contribution >= 0.6 is 0 Å². The molecule has 3 aromatic rings. The molecule has 0 amide bonds. The van der Waals surface area contributed by atoms with Crippen LogP contribution in [-0.4, -0.2) is 8.07 Å². The van der Waals surface area contributed by atoms with E-state index >= 15 is 0 Å². The van der Waals surface area contributed by atoms with Crippen molar-refractivity contribution < 1.29 is 0 Å². The fraction of sp³-hybridized carbons (Fsp3) is 0.148. The molecule has 1 heterocycles. The summed E-state index contributed by atoms with van der Waals surface area (Å²) in [5.74, 6) is 0.352. The second-order valence-electron chi connectivity index (χ2n) is 8.87. The summed E-state index contributed by atoms with van der Waals surface area (Å²) in [4.78, 5) is 0. The smallest absolute Gasteiger partial charge is 0.0675 e. The van der Waals surface area contributed by atoms with Gasteiger partial charge in [0.2, 0.25) is 0 Å². The lowest BCUT2D eigenvalue weighted by Crippen LogP contribution is -2.16. The van der Waals surface area contributed by atoms with E-state index in [0.717, 1.165) is 0 Å². The number of hydrogen-bond acceptors (Lipinski definition) is 0. The van der Waals surface area contributed by atoms with Gasteiger partial charge in [0, 0.05) is 12.3 Å². The molecule has 1 radical (unpaired) electrons. The Labute approximate surface area is 168 Å². The summed E-state index contributed by atoms with van der Waals surface area (Å²) >= 11 is 0. The Bertz CT molecular complexity index is 1210. The zero-order valence-corrected chi connectivity index (χ0v) is 17.6. The van der Waals surface area contributed by atoms with E-state index in [-0.39, 0.29) is 0 Å². The summed E-state index contributed by atoms with van der Waals surface area (Å²) in [7, 11) is -1.31. The van der Waals surface area contributed by atoms with Crippen LogP contribution < -0.4 is 0 Å². The monoisotopic (exact) mass is 375 g/mol. The van der Waals surface area contributed by atoms with Crippen molar-refractivity contribution in [2.24, 2.45) is 0 Å². The average Bonchev–Trinajstić information content (AvgIpc) is 3.03. The van der Waals surface area contributed by atoms with Crippen LogP contribution in [0.15, 0.2) is 77.5 Å². The molecule has 0 N–H and O–H groups in total. The van der Waals surface area contributed by atoms with Gasteiger partial charge in [-0.15, -0.1) is 0 Å². The highest BCUT2D eigenvalue weighted by Crippen LogP contribution is 2.60. The minimum Gasteiger partial charge on any atom is -0.0675 e. The number of hydrogen-bond donors (Lipinski definition) is 0. The van der Waals surface area contributed by atoms with E-state index in [2.05, 4.69) is 99.2 Å². The molecule has 1 unspecified atom stereocenters. The van der Waals surface area contributed by atoms with Crippen LogP contribution in [0.25, 0.3) is 22.4 Å². The van der Waals surface area contributed by atoms with Crippen LogP contribution in [0.2, 0.25) is 13.1 Å². The molecule has 0 fully saturated rings. The maximum atomic E-state index is 2.49. The molecule has 1 aliphatic heterocycles. The Morgan fingerprint density at radius 3 is 2.29 bits per heavy atom. The highest BCUT2D eigenvalue weighted by atomic mass is 28.3. The maximum absolute atomic E-state index is 2.49. The van der Waals surface area contributed by atoms with Crippen molar-refractivity contribution in [2.75, 3.05) is 0 Å². The van der Waals surface area contributed by atoms with Crippen LogP contribution in [0.5, 0.6) is 0 Å². The van der Waals surface area contributed by atoms with Gasteiger partial charge in [-0.05, 0) is 45.9 Å². The maximum Gasteiger partial charge on any atom is 0.108 e. The van der Waals surface area contributed by atoms with Crippen LogP contribution in [0.3, 0.4) is 0 Å². The molecule has 3 aliphatic rings. The normalized spacial score (nSPS) is 20.5. The lowest BCUT2D eigenvalue weighted by molar-refractivity contribution is 0.977. The van der Waals surface area contributed by atoms with Gasteiger partial charge in [0.15, 0.2) is 0 Å². The lowest BCUT2D eigenvalue weighted by Gasteiger charge is -2.25. The summed E-state index contributed by atoms with van der Waals surface area (Å²) in [6.07, 6.45) is 4.84. The Hall–Kier alpha value is -2.64. The van der Waals surface area contributed by atoms with Crippen molar-refractivity contribution in [1.29, 1.82) is 0 Å². The van der Waals surface area contributed by atoms with Gasteiger partial charge in [0.05, 0.1) is 0 Å². The van der Waals surface area contributed by atoms with Gasteiger partial charge in [-0.1, -0.05) is 102 Å².